The molecular weight excluding hydrogens is 422 g/mol. The number of aromatic nitrogens is 3. The van der Waals surface area contributed by atoms with Crippen LogP contribution in [0.3, 0.4) is 0 Å². The molecule has 1 heterocycles. The van der Waals surface area contributed by atoms with E-state index in [0.29, 0.717) is 28.2 Å². The number of nitrogens with one attached hydrogen (secondary N) is 1. The molecule has 146 valence electrons. The molecule has 0 saturated carbocycles. The monoisotopic (exact) mass is 438 g/mol. The van der Waals surface area contributed by atoms with Crippen LogP contribution in [0, 0.1) is 12.7 Å². The van der Waals surface area contributed by atoms with Gasteiger partial charge in [0.1, 0.15) is 5.82 Å². The van der Waals surface area contributed by atoms with Crippen LogP contribution in [-0.4, -0.2) is 26.4 Å². The minimum atomic E-state index is -0.533. The van der Waals surface area contributed by atoms with Crippen molar-refractivity contribution in [1.29, 1.82) is 0 Å². The first-order valence-corrected chi connectivity index (χ1v) is 10.2. The summed E-state index contributed by atoms with van der Waals surface area (Å²) in [7, 11) is 0. The van der Waals surface area contributed by atoms with Crippen molar-refractivity contribution in [1.82, 2.24) is 14.8 Å². The molecule has 0 saturated heterocycles. The maximum atomic E-state index is 13.2. The highest BCUT2D eigenvalue weighted by molar-refractivity contribution is 7.99. The highest BCUT2D eigenvalue weighted by atomic mass is 35.5. The first-order chi connectivity index (χ1) is 13.4. The van der Waals surface area contributed by atoms with Crippen LogP contribution in [0.25, 0.3) is 11.4 Å². The van der Waals surface area contributed by atoms with E-state index in [4.69, 9.17) is 23.2 Å². The molecule has 0 aliphatic rings. The molecule has 0 spiro atoms. The zero-order valence-electron chi connectivity index (χ0n) is 15.2. The molecule has 1 amide bonds. The van der Waals surface area contributed by atoms with Gasteiger partial charge >= 0.3 is 0 Å². The van der Waals surface area contributed by atoms with Crippen LogP contribution in [0.4, 0.5) is 10.1 Å². The van der Waals surface area contributed by atoms with Crippen LogP contribution in [-0.2, 0) is 11.3 Å². The molecule has 1 N–H and O–H groups in total. The van der Waals surface area contributed by atoms with Crippen molar-refractivity contribution in [3.8, 4) is 11.4 Å². The van der Waals surface area contributed by atoms with Gasteiger partial charge in [-0.25, -0.2) is 4.39 Å². The number of benzene rings is 2. The van der Waals surface area contributed by atoms with Crippen LogP contribution in [0.2, 0.25) is 10.0 Å². The number of anilines is 1. The Kier molecular flexibility index (Phi) is 6.59. The van der Waals surface area contributed by atoms with Crippen molar-refractivity contribution in [3.05, 3.63) is 57.8 Å². The fourth-order valence-corrected chi connectivity index (χ4v) is 3.69. The Labute approximate surface area is 176 Å². The number of carbonyl (C=O) groups excluding carboxylic acids is 1. The largest absolute Gasteiger partial charge is 0.325 e. The van der Waals surface area contributed by atoms with Gasteiger partial charge in [0.15, 0.2) is 11.0 Å². The lowest BCUT2D eigenvalue weighted by atomic mass is 10.1. The molecule has 0 aliphatic carbocycles. The first kappa shape index (κ1) is 20.6. The van der Waals surface area contributed by atoms with E-state index in [0.717, 1.165) is 11.1 Å². The Morgan fingerprint density at radius 3 is 2.64 bits per heavy atom. The van der Waals surface area contributed by atoms with Crippen LogP contribution >= 0.6 is 35.0 Å². The number of nitrogens with zero attached hydrogens (tertiary/aromatic N) is 3. The third kappa shape index (κ3) is 4.66. The average Bonchev–Trinajstić information content (AvgIpc) is 3.08. The average molecular weight is 439 g/mol. The van der Waals surface area contributed by atoms with E-state index in [1.807, 2.05) is 36.6 Å². The van der Waals surface area contributed by atoms with E-state index in [9.17, 15) is 9.18 Å². The van der Waals surface area contributed by atoms with Crippen molar-refractivity contribution < 1.29 is 9.18 Å². The van der Waals surface area contributed by atoms with E-state index < -0.39 is 5.82 Å². The van der Waals surface area contributed by atoms with Gasteiger partial charge in [-0.2, -0.15) is 0 Å². The molecular formula is C19H17Cl2FN4OS. The van der Waals surface area contributed by atoms with Crippen LogP contribution in [0.1, 0.15) is 12.5 Å². The molecule has 28 heavy (non-hydrogen) atoms. The molecule has 0 fully saturated rings. The van der Waals surface area contributed by atoms with Crippen molar-refractivity contribution in [2.24, 2.45) is 0 Å². The van der Waals surface area contributed by atoms with Gasteiger partial charge in [0.25, 0.3) is 0 Å². The van der Waals surface area contributed by atoms with Gasteiger partial charge in [-0.3, -0.25) is 4.79 Å². The molecule has 3 aromatic rings. The zero-order chi connectivity index (χ0) is 20.3. The second-order valence-corrected chi connectivity index (χ2v) is 7.74. The minimum Gasteiger partial charge on any atom is -0.325 e. The minimum absolute atomic E-state index is 0.0439. The Bertz CT molecular complexity index is 1030. The summed E-state index contributed by atoms with van der Waals surface area (Å²) >= 11 is 13.2. The van der Waals surface area contributed by atoms with Crippen LogP contribution in [0.5, 0.6) is 0 Å². The molecule has 0 unspecified atom stereocenters. The molecule has 2 aromatic carbocycles. The van der Waals surface area contributed by atoms with Crippen LogP contribution < -0.4 is 5.32 Å². The number of hydrogen-bond donors (Lipinski definition) is 1. The summed E-state index contributed by atoms with van der Waals surface area (Å²) in [6.45, 7) is 4.56. The smallest absolute Gasteiger partial charge is 0.234 e. The molecule has 1 aromatic heterocycles. The predicted octanol–water partition coefficient (Wildman–Crippen LogP) is 5.45. The van der Waals surface area contributed by atoms with E-state index in [2.05, 4.69) is 15.5 Å². The summed E-state index contributed by atoms with van der Waals surface area (Å²) in [6, 6.07) is 9.76. The Hall–Kier alpha value is -2.09. The number of halogens is 3. The van der Waals surface area contributed by atoms with Gasteiger partial charge in [0, 0.05) is 22.8 Å². The van der Waals surface area contributed by atoms with Gasteiger partial charge in [0.05, 0.1) is 10.8 Å². The Balaban J connectivity index is 1.70. The lowest BCUT2D eigenvalue weighted by Crippen LogP contribution is -2.14. The standard InChI is InChI=1S/C19H17Cl2FN4OS/c1-3-26-18(12-5-4-11(2)14(20)8-12)24-25-19(26)28-10-17(27)23-13-6-7-16(22)15(21)9-13/h4-9H,3,10H2,1-2H3,(H,23,27). The van der Waals surface area contributed by atoms with Gasteiger partial charge in [0.2, 0.25) is 5.91 Å². The molecule has 0 radical (unpaired) electrons. The van der Waals surface area contributed by atoms with Crippen molar-refractivity contribution in [3.63, 3.8) is 0 Å². The summed E-state index contributed by atoms with van der Waals surface area (Å²) < 4.78 is 15.1. The third-order valence-corrected chi connectivity index (χ3v) is 5.66. The lowest BCUT2D eigenvalue weighted by molar-refractivity contribution is -0.113. The highest BCUT2D eigenvalue weighted by Gasteiger charge is 2.15. The van der Waals surface area contributed by atoms with Crippen LogP contribution in [0.15, 0.2) is 41.6 Å². The summed E-state index contributed by atoms with van der Waals surface area (Å²) in [6.07, 6.45) is 0. The summed E-state index contributed by atoms with van der Waals surface area (Å²) in [4.78, 5) is 12.2. The summed E-state index contributed by atoms with van der Waals surface area (Å²) in [5, 5.41) is 12.4. The fourth-order valence-electron chi connectivity index (χ4n) is 2.53. The number of aryl methyl sites for hydroxylation is 1. The number of rotatable bonds is 6. The highest BCUT2D eigenvalue weighted by Crippen LogP contribution is 2.27. The number of hydrogen-bond acceptors (Lipinski definition) is 4. The fraction of sp³-hybridized carbons (Fsp3) is 0.211. The second-order valence-electron chi connectivity index (χ2n) is 5.98. The molecule has 0 atom stereocenters. The Morgan fingerprint density at radius 1 is 1.18 bits per heavy atom. The predicted molar refractivity (Wildman–Crippen MR) is 112 cm³/mol. The van der Waals surface area contributed by atoms with E-state index in [1.165, 1.54) is 30.0 Å². The number of carbonyl (C=O) groups is 1. The molecule has 0 aliphatic heterocycles. The molecule has 9 heteroatoms. The number of amides is 1. The maximum Gasteiger partial charge on any atom is 0.234 e. The molecule has 0 bridgehead atoms. The zero-order valence-corrected chi connectivity index (χ0v) is 17.5. The van der Waals surface area contributed by atoms with Crippen molar-refractivity contribution in [2.75, 3.05) is 11.1 Å². The third-order valence-electron chi connectivity index (χ3n) is 4.00. The molecule has 3 rings (SSSR count). The van der Waals surface area contributed by atoms with E-state index in [-0.39, 0.29) is 16.7 Å². The SMILES string of the molecule is CCn1c(SCC(=O)Nc2ccc(F)c(Cl)c2)nnc1-c1ccc(C)c(Cl)c1. The van der Waals surface area contributed by atoms with E-state index >= 15 is 0 Å². The van der Waals surface area contributed by atoms with Crippen molar-refractivity contribution in [2.45, 2.75) is 25.5 Å². The van der Waals surface area contributed by atoms with Gasteiger partial charge < -0.3 is 9.88 Å². The summed E-state index contributed by atoms with van der Waals surface area (Å²) in [5.41, 5.74) is 2.28. The van der Waals surface area contributed by atoms with Gasteiger partial charge in [-0.1, -0.05) is 47.1 Å². The Morgan fingerprint density at radius 2 is 1.96 bits per heavy atom. The quantitative estimate of drug-likeness (QED) is 0.519. The van der Waals surface area contributed by atoms with Gasteiger partial charge in [-0.05, 0) is 43.7 Å². The first-order valence-electron chi connectivity index (χ1n) is 8.46. The second kappa shape index (κ2) is 8.94. The van der Waals surface area contributed by atoms with E-state index in [1.54, 1.807) is 0 Å². The number of thioether (sulfide) groups is 1. The van der Waals surface area contributed by atoms with Gasteiger partial charge in [-0.15, -0.1) is 10.2 Å². The normalized spacial score (nSPS) is 10.9. The lowest BCUT2D eigenvalue weighted by Gasteiger charge is -2.09. The topological polar surface area (TPSA) is 59.8 Å². The maximum absolute atomic E-state index is 13.2. The molecule has 5 nitrogen and oxygen atoms in total. The summed E-state index contributed by atoms with van der Waals surface area (Å²) in [5.74, 6) is 0.0339. The van der Waals surface area contributed by atoms with Crippen molar-refractivity contribution >= 4 is 46.6 Å².